The zero-order valence-corrected chi connectivity index (χ0v) is 11.4. The highest BCUT2D eigenvalue weighted by atomic mass is 32.2. The van der Waals surface area contributed by atoms with Crippen LogP contribution < -0.4 is 0 Å². The third kappa shape index (κ3) is 2.86. The van der Waals surface area contributed by atoms with Crippen molar-refractivity contribution in [1.82, 2.24) is 4.90 Å². The second-order valence-corrected chi connectivity index (χ2v) is 5.47. The van der Waals surface area contributed by atoms with E-state index in [2.05, 4.69) is 0 Å². The molecule has 1 fully saturated rings. The third-order valence-corrected chi connectivity index (χ3v) is 3.82. The van der Waals surface area contributed by atoms with Crippen LogP contribution in [-0.4, -0.2) is 32.7 Å². The first-order valence-electron chi connectivity index (χ1n) is 5.31. The molecule has 0 aliphatic carbocycles. The van der Waals surface area contributed by atoms with Crippen LogP contribution in [0, 0.1) is 11.6 Å². The second-order valence-electron chi connectivity index (χ2n) is 3.80. The molecule has 4 nitrogen and oxygen atoms in total. The van der Waals surface area contributed by atoms with E-state index in [0.29, 0.717) is 0 Å². The Balaban J connectivity index is 2.35. The molecule has 20 heavy (non-hydrogen) atoms. The Morgan fingerprint density at radius 3 is 2.55 bits per heavy atom. The van der Waals surface area contributed by atoms with Gasteiger partial charge in [0.25, 0.3) is 5.91 Å². The highest BCUT2D eigenvalue weighted by Crippen LogP contribution is 2.33. The van der Waals surface area contributed by atoms with Crippen LogP contribution in [0.15, 0.2) is 23.1 Å². The summed E-state index contributed by atoms with van der Waals surface area (Å²) in [6.45, 7) is -0.582. The van der Waals surface area contributed by atoms with Crippen molar-refractivity contribution in [3.8, 4) is 0 Å². The molecule has 0 bridgehead atoms. The van der Waals surface area contributed by atoms with Gasteiger partial charge in [0.05, 0.1) is 4.91 Å². The van der Waals surface area contributed by atoms with Crippen LogP contribution in [0.5, 0.6) is 0 Å². The lowest BCUT2D eigenvalue weighted by atomic mass is 10.2. The van der Waals surface area contributed by atoms with Crippen LogP contribution in [0.4, 0.5) is 8.78 Å². The molecule has 1 amide bonds. The number of aliphatic carboxylic acids is 1. The number of carboxylic acids is 1. The van der Waals surface area contributed by atoms with Crippen molar-refractivity contribution in [1.29, 1.82) is 0 Å². The normalized spacial score (nSPS) is 17.1. The third-order valence-electron chi connectivity index (χ3n) is 2.44. The van der Waals surface area contributed by atoms with Gasteiger partial charge in [-0.2, -0.15) is 0 Å². The summed E-state index contributed by atoms with van der Waals surface area (Å²) >= 11 is 5.68. The van der Waals surface area contributed by atoms with Gasteiger partial charge in [0.15, 0.2) is 0 Å². The Bertz CT molecular complexity index is 625. The van der Waals surface area contributed by atoms with E-state index in [1.807, 2.05) is 0 Å². The minimum absolute atomic E-state index is 0.0137. The quantitative estimate of drug-likeness (QED) is 0.685. The van der Waals surface area contributed by atoms with Gasteiger partial charge in [-0.1, -0.05) is 30.0 Å². The lowest BCUT2D eigenvalue weighted by Gasteiger charge is -2.10. The molecule has 0 spiro atoms. The van der Waals surface area contributed by atoms with E-state index >= 15 is 0 Å². The Kier molecular flexibility index (Phi) is 4.15. The highest BCUT2D eigenvalue weighted by molar-refractivity contribution is 8.26. The molecule has 0 atom stereocenters. The highest BCUT2D eigenvalue weighted by Gasteiger charge is 2.33. The number of halogens is 2. The van der Waals surface area contributed by atoms with Gasteiger partial charge in [-0.3, -0.25) is 14.5 Å². The minimum atomic E-state index is -1.22. The number of carboxylic acid groups (broad SMARTS) is 1. The van der Waals surface area contributed by atoms with Gasteiger partial charge in [0.2, 0.25) is 0 Å². The Labute approximate surface area is 122 Å². The van der Waals surface area contributed by atoms with Crippen molar-refractivity contribution in [2.24, 2.45) is 0 Å². The maximum atomic E-state index is 13.5. The summed E-state index contributed by atoms with van der Waals surface area (Å²) in [4.78, 5) is 23.4. The largest absolute Gasteiger partial charge is 0.480 e. The van der Waals surface area contributed by atoms with Crippen LogP contribution in [0.2, 0.25) is 0 Å². The van der Waals surface area contributed by atoms with Crippen molar-refractivity contribution in [3.05, 3.63) is 40.3 Å². The van der Waals surface area contributed by atoms with E-state index in [1.165, 1.54) is 6.07 Å². The van der Waals surface area contributed by atoms with Crippen LogP contribution in [0.25, 0.3) is 6.08 Å². The number of nitrogens with zero attached hydrogens (tertiary/aromatic N) is 1. The molecule has 1 N–H and O–H groups in total. The van der Waals surface area contributed by atoms with Gasteiger partial charge in [0.1, 0.15) is 22.5 Å². The average molecular weight is 315 g/mol. The number of carbonyl (C=O) groups excluding carboxylic acids is 1. The number of thioether (sulfide) groups is 1. The lowest BCUT2D eigenvalue weighted by Crippen LogP contribution is -2.33. The number of rotatable bonds is 3. The monoisotopic (exact) mass is 315 g/mol. The van der Waals surface area contributed by atoms with Gasteiger partial charge < -0.3 is 5.11 Å². The van der Waals surface area contributed by atoms with Crippen molar-refractivity contribution in [2.45, 2.75) is 0 Å². The van der Waals surface area contributed by atoms with Gasteiger partial charge >= 0.3 is 5.97 Å². The van der Waals surface area contributed by atoms with Gasteiger partial charge in [0, 0.05) is 5.56 Å². The summed E-state index contributed by atoms with van der Waals surface area (Å²) in [6.07, 6.45) is 1.03. The molecule has 104 valence electrons. The summed E-state index contributed by atoms with van der Waals surface area (Å²) in [6, 6.07) is 3.33. The summed E-state index contributed by atoms with van der Waals surface area (Å²) in [5.41, 5.74) is -0.358. The second kappa shape index (κ2) is 5.68. The van der Waals surface area contributed by atoms with Crippen LogP contribution in [0.1, 0.15) is 5.56 Å². The summed E-state index contributed by atoms with van der Waals surface area (Å²) < 4.78 is 27.0. The molecular weight excluding hydrogens is 308 g/mol. The first-order chi connectivity index (χ1) is 9.40. The Hall–Kier alpha value is -1.80. The first kappa shape index (κ1) is 14.6. The van der Waals surface area contributed by atoms with E-state index < -0.39 is 30.1 Å². The van der Waals surface area contributed by atoms with Gasteiger partial charge in [-0.05, 0) is 18.2 Å². The Morgan fingerprint density at radius 2 is 2.00 bits per heavy atom. The Morgan fingerprint density at radius 1 is 1.40 bits per heavy atom. The average Bonchev–Trinajstić information content (AvgIpc) is 2.61. The molecule has 0 aromatic heterocycles. The molecule has 1 aliphatic heterocycles. The summed E-state index contributed by atoms with van der Waals surface area (Å²) in [5, 5.41) is 8.67. The van der Waals surface area contributed by atoms with Gasteiger partial charge in [-0.25, -0.2) is 8.78 Å². The smallest absolute Gasteiger partial charge is 0.323 e. The maximum Gasteiger partial charge on any atom is 0.323 e. The molecule has 1 heterocycles. The molecule has 8 heteroatoms. The molecule has 1 aromatic carbocycles. The molecule has 0 radical (unpaired) electrons. The molecule has 2 rings (SSSR count). The van der Waals surface area contributed by atoms with Crippen molar-refractivity contribution in [3.63, 3.8) is 0 Å². The van der Waals surface area contributed by atoms with Crippen LogP contribution in [-0.2, 0) is 9.59 Å². The number of carbonyl (C=O) groups is 2. The van der Waals surface area contributed by atoms with E-state index in [4.69, 9.17) is 17.3 Å². The van der Waals surface area contributed by atoms with E-state index in [0.717, 1.165) is 34.9 Å². The van der Waals surface area contributed by atoms with Crippen molar-refractivity contribution in [2.75, 3.05) is 6.54 Å². The molecular formula is C12H7F2NO3S2. The molecule has 1 aromatic rings. The SMILES string of the molecule is O=C(O)CN1C(=O)/C(=C\c2c(F)cccc2F)SC1=S. The zero-order valence-electron chi connectivity index (χ0n) is 9.80. The van der Waals surface area contributed by atoms with E-state index in [-0.39, 0.29) is 14.8 Å². The standard InChI is InChI=1S/C12H7F2NO3S2/c13-7-2-1-3-8(14)6(7)4-9-11(18)15(5-10(16)17)12(19)20-9/h1-4H,5H2,(H,16,17)/b9-4+. The predicted molar refractivity (Wildman–Crippen MR) is 73.9 cm³/mol. The lowest BCUT2D eigenvalue weighted by molar-refractivity contribution is -0.140. The molecule has 1 saturated heterocycles. The minimum Gasteiger partial charge on any atom is -0.480 e. The predicted octanol–water partition coefficient (Wildman–Crippen LogP) is 2.25. The summed E-state index contributed by atoms with van der Waals surface area (Å²) in [7, 11) is 0. The van der Waals surface area contributed by atoms with E-state index in [1.54, 1.807) is 0 Å². The number of hydrogen-bond donors (Lipinski definition) is 1. The fourth-order valence-corrected chi connectivity index (χ4v) is 2.79. The fourth-order valence-electron chi connectivity index (χ4n) is 1.55. The van der Waals surface area contributed by atoms with Crippen molar-refractivity contribution >= 4 is 46.3 Å². The van der Waals surface area contributed by atoms with Gasteiger partial charge in [-0.15, -0.1) is 0 Å². The van der Waals surface area contributed by atoms with Crippen molar-refractivity contribution < 1.29 is 23.5 Å². The summed E-state index contributed by atoms with van der Waals surface area (Å²) in [5.74, 6) is -3.52. The molecule has 1 aliphatic rings. The molecule has 0 unspecified atom stereocenters. The number of thiocarbonyl (C=S) groups is 1. The maximum absolute atomic E-state index is 13.5. The molecule has 0 saturated carbocycles. The zero-order chi connectivity index (χ0) is 14.9. The topological polar surface area (TPSA) is 57.6 Å². The number of hydrogen-bond acceptors (Lipinski definition) is 4. The first-order valence-corrected chi connectivity index (χ1v) is 6.54. The van der Waals surface area contributed by atoms with Crippen LogP contribution in [0.3, 0.4) is 0 Å². The fraction of sp³-hybridized carbons (Fsp3) is 0.0833. The number of benzene rings is 1. The van der Waals surface area contributed by atoms with E-state index in [9.17, 15) is 18.4 Å². The van der Waals surface area contributed by atoms with Crippen LogP contribution >= 0.6 is 24.0 Å². The number of amides is 1.